The Morgan fingerprint density at radius 1 is 1.30 bits per heavy atom. The Labute approximate surface area is 161 Å². The number of sulfonamides is 1. The second kappa shape index (κ2) is 8.15. The third-order valence-electron chi connectivity index (χ3n) is 4.46. The minimum absolute atomic E-state index is 0.00672. The molecule has 0 bridgehead atoms. The van der Waals surface area contributed by atoms with E-state index in [2.05, 4.69) is 5.32 Å². The fraction of sp³-hybridized carbons (Fsp3) is 0.353. The van der Waals surface area contributed by atoms with Crippen LogP contribution in [0.15, 0.2) is 46.7 Å². The van der Waals surface area contributed by atoms with E-state index in [0.29, 0.717) is 25.9 Å². The smallest absolute Gasteiger partial charge is 0.269 e. The first-order valence-electron chi connectivity index (χ1n) is 8.42. The first-order valence-corrected chi connectivity index (χ1v) is 10.7. The molecule has 2 heterocycles. The summed E-state index contributed by atoms with van der Waals surface area (Å²) in [4.78, 5) is 23.6. The summed E-state index contributed by atoms with van der Waals surface area (Å²) in [5.41, 5.74) is -0.168. The van der Waals surface area contributed by atoms with Crippen molar-refractivity contribution in [3.63, 3.8) is 0 Å². The summed E-state index contributed by atoms with van der Waals surface area (Å²) in [5.74, 6) is -0.571. The SMILES string of the molecule is O=C(NCc1cccs1)C1CCCN(S(=O)(=O)c2ccc([N+](=O)[O-])cc2)C1. The van der Waals surface area contributed by atoms with E-state index >= 15 is 0 Å². The van der Waals surface area contributed by atoms with Crippen LogP contribution in [0.2, 0.25) is 0 Å². The number of rotatable bonds is 6. The van der Waals surface area contributed by atoms with Crippen molar-refractivity contribution in [1.29, 1.82) is 0 Å². The molecular weight excluding hydrogens is 390 g/mol. The molecule has 0 saturated carbocycles. The van der Waals surface area contributed by atoms with Crippen LogP contribution in [0, 0.1) is 16.0 Å². The molecule has 1 aromatic carbocycles. The molecule has 10 heteroatoms. The minimum Gasteiger partial charge on any atom is -0.351 e. The summed E-state index contributed by atoms with van der Waals surface area (Å²) >= 11 is 1.55. The summed E-state index contributed by atoms with van der Waals surface area (Å²) in [7, 11) is -3.80. The summed E-state index contributed by atoms with van der Waals surface area (Å²) in [6.45, 7) is 0.867. The Bertz CT molecular complexity index is 911. The topological polar surface area (TPSA) is 110 Å². The molecule has 1 unspecified atom stereocenters. The molecule has 1 aliphatic heterocycles. The molecular formula is C17H19N3O5S2. The molecule has 1 aliphatic rings. The molecule has 1 fully saturated rings. The van der Waals surface area contributed by atoms with Crippen LogP contribution in [0.5, 0.6) is 0 Å². The lowest BCUT2D eigenvalue weighted by molar-refractivity contribution is -0.384. The Hall–Kier alpha value is -2.30. The van der Waals surface area contributed by atoms with Crippen LogP contribution in [-0.2, 0) is 21.4 Å². The van der Waals surface area contributed by atoms with Crippen LogP contribution in [0.1, 0.15) is 17.7 Å². The van der Waals surface area contributed by atoms with Gasteiger partial charge >= 0.3 is 0 Å². The molecule has 0 radical (unpaired) electrons. The molecule has 8 nitrogen and oxygen atoms in total. The summed E-state index contributed by atoms with van der Waals surface area (Å²) in [6, 6.07) is 8.63. The summed E-state index contributed by atoms with van der Waals surface area (Å²) in [6.07, 6.45) is 1.21. The van der Waals surface area contributed by atoms with Crippen molar-refractivity contribution in [2.24, 2.45) is 5.92 Å². The molecule has 1 saturated heterocycles. The van der Waals surface area contributed by atoms with Gasteiger partial charge < -0.3 is 5.32 Å². The Kier molecular flexibility index (Phi) is 5.88. The molecule has 1 N–H and O–H groups in total. The molecule has 3 rings (SSSR count). The predicted molar refractivity (Wildman–Crippen MR) is 101 cm³/mol. The number of nitrogens with zero attached hydrogens (tertiary/aromatic N) is 2. The van der Waals surface area contributed by atoms with Gasteiger partial charge in [0, 0.05) is 30.1 Å². The van der Waals surface area contributed by atoms with Gasteiger partial charge in [0.05, 0.1) is 22.3 Å². The maximum atomic E-state index is 12.8. The van der Waals surface area contributed by atoms with Crippen LogP contribution in [0.3, 0.4) is 0 Å². The zero-order valence-electron chi connectivity index (χ0n) is 14.4. The number of piperidine rings is 1. The van der Waals surface area contributed by atoms with Crippen molar-refractivity contribution in [2.45, 2.75) is 24.3 Å². The van der Waals surface area contributed by atoms with Crippen LogP contribution in [0.25, 0.3) is 0 Å². The number of nitrogens with one attached hydrogen (secondary N) is 1. The summed E-state index contributed by atoms with van der Waals surface area (Å²) in [5, 5.41) is 15.5. The molecule has 0 spiro atoms. The molecule has 1 amide bonds. The van der Waals surface area contributed by atoms with Gasteiger partial charge in [-0.1, -0.05) is 6.07 Å². The van der Waals surface area contributed by atoms with Crippen LogP contribution in [-0.4, -0.2) is 36.6 Å². The van der Waals surface area contributed by atoms with Crippen LogP contribution in [0.4, 0.5) is 5.69 Å². The van der Waals surface area contributed by atoms with Crippen molar-refractivity contribution < 1.29 is 18.1 Å². The van der Waals surface area contributed by atoms with Crippen molar-refractivity contribution >= 4 is 33.0 Å². The van der Waals surface area contributed by atoms with Gasteiger partial charge in [-0.15, -0.1) is 11.3 Å². The molecule has 1 atom stereocenters. The van der Waals surface area contributed by atoms with Gasteiger partial charge in [0.25, 0.3) is 5.69 Å². The summed E-state index contributed by atoms with van der Waals surface area (Å²) < 4.78 is 26.9. The third kappa shape index (κ3) is 4.52. The van der Waals surface area contributed by atoms with E-state index in [1.807, 2.05) is 17.5 Å². The number of carbonyl (C=O) groups is 1. The van der Waals surface area contributed by atoms with E-state index in [9.17, 15) is 23.3 Å². The average molecular weight is 409 g/mol. The first-order chi connectivity index (χ1) is 12.9. The minimum atomic E-state index is -3.80. The van der Waals surface area contributed by atoms with Gasteiger partial charge in [-0.05, 0) is 36.4 Å². The lowest BCUT2D eigenvalue weighted by Gasteiger charge is -2.31. The number of carbonyl (C=O) groups excluding carboxylic acids is 1. The Morgan fingerprint density at radius 3 is 2.67 bits per heavy atom. The highest BCUT2D eigenvalue weighted by atomic mass is 32.2. The maximum absolute atomic E-state index is 12.8. The number of benzene rings is 1. The molecule has 2 aromatic rings. The van der Waals surface area contributed by atoms with Gasteiger partial charge in [0.1, 0.15) is 0 Å². The standard InChI is InChI=1S/C17H19N3O5S2/c21-17(18-11-15-4-2-10-26-15)13-3-1-9-19(12-13)27(24,25)16-7-5-14(6-8-16)20(22)23/h2,4-8,10,13H,1,3,9,11-12H2,(H,18,21). The largest absolute Gasteiger partial charge is 0.351 e. The van der Waals surface area contributed by atoms with Crippen molar-refractivity contribution in [3.05, 3.63) is 56.8 Å². The molecule has 144 valence electrons. The zero-order chi connectivity index (χ0) is 19.4. The normalized spacial score (nSPS) is 18.1. The third-order valence-corrected chi connectivity index (χ3v) is 7.21. The number of hydrogen-bond acceptors (Lipinski definition) is 6. The Morgan fingerprint density at radius 2 is 2.04 bits per heavy atom. The Balaban J connectivity index is 1.67. The van der Waals surface area contributed by atoms with E-state index in [4.69, 9.17) is 0 Å². The fourth-order valence-electron chi connectivity index (χ4n) is 3.00. The number of amides is 1. The number of nitro benzene ring substituents is 1. The predicted octanol–water partition coefficient (Wildman–Crippen LogP) is 2.37. The second-order valence-electron chi connectivity index (χ2n) is 6.25. The second-order valence-corrected chi connectivity index (χ2v) is 9.22. The quantitative estimate of drug-likeness (QED) is 0.582. The first kappa shape index (κ1) is 19.5. The fourth-order valence-corrected chi connectivity index (χ4v) is 5.16. The molecule has 1 aromatic heterocycles. The van der Waals surface area contributed by atoms with Crippen LogP contribution < -0.4 is 5.32 Å². The highest BCUT2D eigenvalue weighted by Crippen LogP contribution is 2.25. The lowest BCUT2D eigenvalue weighted by Crippen LogP contribution is -2.45. The van der Waals surface area contributed by atoms with E-state index < -0.39 is 20.9 Å². The van der Waals surface area contributed by atoms with Gasteiger partial charge in [0.15, 0.2) is 0 Å². The van der Waals surface area contributed by atoms with E-state index in [0.717, 1.165) is 4.88 Å². The number of hydrogen-bond donors (Lipinski definition) is 1. The maximum Gasteiger partial charge on any atom is 0.269 e. The van der Waals surface area contributed by atoms with Gasteiger partial charge in [-0.25, -0.2) is 8.42 Å². The molecule has 27 heavy (non-hydrogen) atoms. The lowest BCUT2D eigenvalue weighted by atomic mass is 9.99. The van der Waals surface area contributed by atoms with E-state index in [1.165, 1.54) is 28.6 Å². The number of thiophene rings is 1. The van der Waals surface area contributed by atoms with Gasteiger partial charge in [-0.2, -0.15) is 4.31 Å². The highest BCUT2D eigenvalue weighted by molar-refractivity contribution is 7.89. The van der Waals surface area contributed by atoms with Crippen molar-refractivity contribution in [2.75, 3.05) is 13.1 Å². The number of nitro groups is 1. The van der Waals surface area contributed by atoms with E-state index in [-0.39, 0.29) is 23.0 Å². The van der Waals surface area contributed by atoms with Gasteiger partial charge in [0.2, 0.25) is 15.9 Å². The molecule has 0 aliphatic carbocycles. The van der Waals surface area contributed by atoms with Crippen molar-refractivity contribution in [3.8, 4) is 0 Å². The average Bonchev–Trinajstić information content (AvgIpc) is 3.20. The highest BCUT2D eigenvalue weighted by Gasteiger charge is 2.33. The van der Waals surface area contributed by atoms with Crippen molar-refractivity contribution in [1.82, 2.24) is 9.62 Å². The monoisotopic (exact) mass is 409 g/mol. The van der Waals surface area contributed by atoms with Gasteiger partial charge in [-0.3, -0.25) is 14.9 Å². The zero-order valence-corrected chi connectivity index (χ0v) is 16.0. The number of non-ortho nitro benzene ring substituents is 1. The van der Waals surface area contributed by atoms with Crippen LogP contribution >= 0.6 is 11.3 Å². The van der Waals surface area contributed by atoms with E-state index in [1.54, 1.807) is 11.3 Å².